The lowest BCUT2D eigenvalue weighted by molar-refractivity contribution is -0.167. The molecular weight excluding hydrogens is 624 g/mol. The van der Waals surface area contributed by atoms with E-state index >= 15 is 0 Å². The van der Waals surface area contributed by atoms with Crippen LogP contribution in [0.2, 0.25) is 0 Å². The van der Waals surface area contributed by atoms with Crippen molar-refractivity contribution in [3.8, 4) is 0 Å². The monoisotopic (exact) mass is 709 g/mol. The van der Waals surface area contributed by atoms with Crippen molar-refractivity contribution in [2.75, 3.05) is 13.2 Å². The highest BCUT2D eigenvalue weighted by Crippen LogP contribution is 2.16. The molecule has 0 aliphatic rings. The van der Waals surface area contributed by atoms with Gasteiger partial charge in [0.05, 0.1) is 0 Å². The maximum absolute atomic E-state index is 12.7. The van der Waals surface area contributed by atoms with E-state index in [1.807, 2.05) is 0 Å². The number of esters is 3. The minimum atomic E-state index is -0.760. The van der Waals surface area contributed by atoms with Crippen LogP contribution in [-0.4, -0.2) is 37.2 Å². The summed E-state index contributed by atoms with van der Waals surface area (Å²) in [6.07, 6.45) is 33.8. The van der Waals surface area contributed by atoms with Crippen molar-refractivity contribution in [1.29, 1.82) is 0 Å². The molecule has 0 aliphatic carbocycles. The first-order chi connectivity index (χ1) is 24.3. The third-order valence-corrected chi connectivity index (χ3v) is 10.1. The van der Waals surface area contributed by atoms with Crippen molar-refractivity contribution in [1.82, 2.24) is 0 Å². The Kier molecular flexibility index (Phi) is 36.0. The molecule has 0 saturated carbocycles. The van der Waals surface area contributed by atoms with Gasteiger partial charge in [0.25, 0.3) is 0 Å². The number of carbonyl (C=O) groups excluding carboxylic acids is 3. The van der Waals surface area contributed by atoms with Crippen molar-refractivity contribution in [3.05, 3.63) is 0 Å². The van der Waals surface area contributed by atoms with Crippen LogP contribution in [0.1, 0.15) is 234 Å². The Balaban J connectivity index is 4.35. The Hall–Kier alpha value is -1.59. The van der Waals surface area contributed by atoms with Crippen molar-refractivity contribution in [2.24, 2.45) is 11.8 Å². The summed E-state index contributed by atoms with van der Waals surface area (Å²) in [5, 5.41) is 0. The standard InChI is InChI=1S/C44H84O6/c1-6-8-9-10-11-12-13-14-15-18-24-29-34-42(45)48-37-41(50-44(47)36-31-26-21-20-23-28-33-40(5)7-2)38-49-43(46)35-30-25-19-16-17-22-27-32-39(3)4/h39-41H,6-38H2,1-5H3/t40?,41-/m1/s1. The Morgan fingerprint density at radius 1 is 0.420 bits per heavy atom. The van der Waals surface area contributed by atoms with Gasteiger partial charge in [-0.25, -0.2) is 0 Å². The molecule has 0 aromatic carbocycles. The molecular formula is C44H84O6. The molecule has 0 fully saturated rings. The number of ether oxygens (including phenoxy) is 3. The van der Waals surface area contributed by atoms with Crippen molar-refractivity contribution < 1.29 is 28.6 Å². The van der Waals surface area contributed by atoms with E-state index in [4.69, 9.17) is 14.2 Å². The van der Waals surface area contributed by atoms with Gasteiger partial charge in [-0.15, -0.1) is 0 Å². The topological polar surface area (TPSA) is 78.9 Å². The molecule has 2 atom stereocenters. The lowest BCUT2D eigenvalue weighted by atomic mass is 10.00. The summed E-state index contributed by atoms with van der Waals surface area (Å²) in [4.78, 5) is 37.6. The summed E-state index contributed by atoms with van der Waals surface area (Å²) in [5.41, 5.74) is 0. The van der Waals surface area contributed by atoms with Crippen LogP contribution >= 0.6 is 0 Å². The molecule has 0 N–H and O–H groups in total. The largest absolute Gasteiger partial charge is 0.462 e. The highest BCUT2D eigenvalue weighted by Gasteiger charge is 2.19. The molecule has 296 valence electrons. The van der Waals surface area contributed by atoms with Crippen LogP contribution in [0.25, 0.3) is 0 Å². The molecule has 0 aromatic heterocycles. The van der Waals surface area contributed by atoms with E-state index in [0.29, 0.717) is 19.3 Å². The molecule has 0 spiro atoms. The third-order valence-electron chi connectivity index (χ3n) is 10.1. The van der Waals surface area contributed by atoms with Gasteiger partial charge in [0.2, 0.25) is 0 Å². The molecule has 0 bridgehead atoms. The molecule has 1 unspecified atom stereocenters. The maximum atomic E-state index is 12.7. The van der Waals surface area contributed by atoms with Crippen LogP contribution < -0.4 is 0 Å². The fourth-order valence-electron chi connectivity index (χ4n) is 6.37. The molecule has 0 saturated heterocycles. The van der Waals surface area contributed by atoms with Gasteiger partial charge >= 0.3 is 17.9 Å². The summed E-state index contributed by atoms with van der Waals surface area (Å²) < 4.78 is 16.7. The summed E-state index contributed by atoms with van der Waals surface area (Å²) in [5.74, 6) is 0.725. The summed E-state index contributed by atoms with van der Waals surface area (Å²) in [7, 11) is 0. The Morgan fingerprint density at radius 2 is 0.760 bits per heavy atom. The molecule has 50 heavy (non-hydrogen) atoms. The summed E-state index contributed by atoms with van der Waals surface area (Å²) in [6.45, 7) is 11.2. The van der Waals surface area contributed by atoms with Crippen LogP contribution in [-0.2, 0) is 28.6 Å². The first-order valence-electron chi connectivity index (χ1n) is 21.8. The second-order valence-corrected chi connectivity index (χ2v) is 15.7. The van der Waals surface area contributed by atoms with Crippen LogP contribution in [0.15, 0.2) is 0 Å². The van der Waals surface area contributed by atoms with E-state index in [1.165, 1.54) is 122 Å². The summed E-state index contributed by atoms with van der Waals surface area (Å²) >= 11 is 0. The fraction of sp³-hybridized carbons (Fsp3) is 0.932. The first kappa shape index (κ1) is 48.4. The van der Waals surface area contributed by atoms with Gasteiger partial charge in [0, 0.05) is 19.3 Å². The van der Waals surface area contributed by atoms with Crippen molar-refractivity contribution >= 4 is 17.9 Å². The highest BCUT2D eigenvalue weighted by atomic mass is 16.6. The quantitative estimate of drug-likeness (QED) is 0.0361. The zero-order chi connectivity index (χ0) is 36.9. The Morgan fingerprint density at radius 3 is 1.14 bits per heavy atom. The molecule has 6 nitrogen and oxygen atoms in total. The molecule has 0 radical (unpaired) electrons. The van der Waals surface area contributed by atoms with Gasteiger partial charge in [0.15, 0.2) is 6.10 Å². The van der Waals surface area contributed by atoms with Gasteiger partial charge in [0.1, 0.15) is 13.2 Å². The van der Waals surface area contributed by atoms with Crippen molar-refractivity contribution in [3.63, 3.8) is 0 Å². The minimum Gasteiger partial charge on any atom is -0.462 e. The second kappa shape index (κ2) is 37.2. The van der Waals surface area contributed by atoms with E-state index in [1.54, 1.807) is 0 Å². The van der Waals surface area contributed by atoms with E-state index in [-0.39, 0.29) is 31.1 Å². The minimum absolute atomic E-state index is 0.0664. The number of hydrogen-bond acceptors (Lipinski definition) is 6. The molecule has 0 amide bonds. The molecule has 6 heteroatoms. The Bertz CT molecular complexity index is 766. The van der Waals surface area contributed by atoms with E-state index in [0.717, 1.165) is 69.6 Å². The molecule has 0 aliphatic heterocycles. The summed E-state index contributed by atoms with van der Waals surface area (Å²) in [6, 6.07) is 0. The average Bonchev–Trinajstić information content (AvgIpc) is 3.09. The molecule has 0 rings (SSSR count). The van der Waals surface area contributed by atoms with Gasteiger partial charge < -0.3 is 14.2 Å². The van der Waals surface area contributed by atoms with E-state index in [2.05, 4.69) is 34.6 Å². The number of carbonyl (C=O) groups is 3. The van der Waals surface area contributed by atoms with Gasteiger partial charge in [-0.3, -0.25) is 14.4 Å². The van der Waals surface area contributed by atoms with Crippen LogP contribution in [0, 0.1) is 11.8 Å². The van der Waals surface area contributed by atoms with Gasteiger partial charge in [-0.2, -0.15) is 0 Å². The highest BCUT2D eigenvalue weighted by molar-refractivity contribution is 5.71. The fourth-order valence-corrected chi connectivity index (χ4v) is 6.37. The van der Waals surface area contributed by atoms with Gasteiger partial charge in [-0.05, 0) is 31.1 Å². The van der Waals surface area contributed by atoms with Gasteiger partial charge in [-0.1, -0.05) is 195 Å². The second-order valence-electron chi connectivity index (χ2n) is 15.7. The Labute approximate surface area is 310 Å². The van der Waals surface area contributed by atoms with Crippen LogP contribution in [0.5, 0.6) is 0 Å². The average molecular weight is 709 g/mol. The first-order valence-corrected chi connectivity index (χ1v) is 21.8. The van der Waals surface area contributed by atoms with E-state index in [9.17, 15) is 14.4 Å². The zero-order valence-corrected chi connectivity index (χ0v) is 34.0. The SMILES string of the molecule is CCCCCCCCCCCCCCC(=O)OC[C@H](COC(=O)CCCCCCCCCC(C)C)OC(=O)CCCCCCCCC(C)CC. The van der Waals surface area contributed by atoms with E-state index < -0.39 is 6.10 Å². The number of hydrogen-bond donors (Lipinski definition) is 0. The third kappa shape index (κ3) is 36.2. The molecule has 0 aromatic rings. The van der Waals surface area contributed by atoms with Crippen LogP contribution in [0.3, 0.4) is 0 Å². The lowest BCUT2D eigenvalue weighted by Crippen LogP contribution is -2.30. The van der Waals surface area contributed by atoms with Crippen molar-refractivity contribution in [2.45, 2.75) is 240 Å². The predicted octanol–water partition coefficient (Wildman–Crippen LogP) is 13.4. The lowest BCUT2D eigenvalue weighted by Gasteiger charge is -2.18. The number of rotatable bonds is 38. The van der Waals surface area contributed by atoms with Crippen LogP contribution in [0.4, 0.5) is 0 Å². The smallest absolute Gasteiger partial charge is 0.306 e. The predicted molar refractivity (Wildman–Crippen MR) is 210 cm³/mol. The normalized spacial score (nSPS) is 12.6. The number of unbranched alkanes of at least 4 members (excludes halogenated alkanes) is 22. The zero-order valence-electron chi connectivity index (χ0n) is 34.0. The maximum Gasteiger partial charge on any atom is 0.306 e. The molecule has 0 heterocycles.